The molecule has 4 nitrogen and oxygen atoms in total. The number of anilines is 1. The van der Waals surface area contributed by atoms with E-state index < -0.39 is 0 Å². The second-order valence-electron chi connectivity index (χ2n) is 4.81. The van der Waals surface area contributed by atoms with Crippen LogP contribution in [0.5, 0.6) is 0 Å². The number of aromatic nitrogens is 2. The number of carbonyl (C=O) groups is 1. The van der Waals surface area contributed by atoms with E-state index in [1.807, 2.05) is 13.0 Å². The number of nitrogens with zero attached hydrogens (tertiary/aromatic N) is 1. The molecule has 3 unspecified atom stereocenters. The van der Waals surface area contributed by atoms with Gasteiger partial charge in [0, 0.05) is 17.7 Å². The molecule has 3 rings (SSSR count). The van der Waals surface area contributed by atoms with E-state index in [0.717, 1.165) is 18.5 Å². The van der Waals surface area contributed by atoms with Crippen LogP contribution in [0.1, 0.15) is 18.5 Å². The minimum absolute atomic E-state index is 0.114. The highest BCUT2D eigenvalue weighted by Crippen LogP contribution is 2.43. The first kappa shape index (κ1) is 9.63. The third kappa shape index (κ3) is 1.54. The topological polar surface area (TPSA) is 57.8 Å². The summed E-state index contributed by atoms with van der Waals surface area (Å²) in [6, 6.07) is 1.85. The molecule has 3 atom stereocenters. The van der Waals surface area contributed by atoms with Crippen molar-refractivity contribution in [2.45, 2.75) is 19.8 Å². The molecule has 0 saturated heterocycles. The number of aryl methyl sites for hydroxylation is 1. The Kier molecular flexibility index (Phi) is 2.09. The van der Waals surface area contributed by atoms with Gasteiger partial charge in [0.15, 0.2) is 5.82 Å². The summed E-state index contributed by atoms with van der Waals surface area (Å²) in [7, 11) is 0. The van der Waals surface area contributed by atoms with Crippen LogP contribution in [-0.2, 0) is 4.79 Å². The average Bonchev–Trinajstić information content (AvgIpc) is 2.93. The molecule has 2 bridgehead atoms. The van der Waals surface area contributed by atoms with Crippen molar-refractivity contribution in [3.63, 3.8) is 0 Å². The molecule has 2 aliphatic rings. The molecular weight excluding hydrogens is 202 g/mol. The van der Waals surface area contributed by atoms with Crippen LogP contribution in [0.2, 0.25) is 0 Å². The molecule has 16 heavy (non-hydrogen) atoms. The van der Waals surface area contributed by atoms with Gasteiger partial charge in [0.1, 0.15) is 0 Å². The van der Waals surface area contributed by atoms with E-state index in [4.69, 9.17) is 0 Å². The number of H-pyrrole nitrogens is 1. The third-order valence-electron chi connectivity index (χ3n) is 3.57. The van der Waals surface area contributed by atoms with E-state index in [1.54, 1.807) is 0 Å². The Balaban J connectivity index is 1.68. The molecule has 1 saturated carbocycles. The van der Waals surface area contributed by atoms with Gasteiger partial charge in [-0.3, -0.25) is 9.89 Å². The van der Waals surface area contributed by atoms with E-state index >= 15 is 0 Å². The Morgan fingerprint density at radius 1 is 1.50 bits per heavy atom. The average molecular weight is 217 g/mol. The van der Waals surface area contributed by atoms with Crippen molar-refractivity contribution >= 4 is 11.7 Å². The monoisotopic (exact) mass is 217 g/mol. The molecular formula is C12H15N3O. The predicted octanol–water partition coefficient (Wildman–Crippen LogP) is 1.87. The van der Waals surface area contributed by atoms with E-state index in [1.165, 1.54) is 0 Å². The lowest BCUT2D eigenvalue weighted by atomic mass is 9.93. The van der Waals surface area contributed by atoms with Crippen LogP contribution in [-0.4, -0.2) is 16.1 Å². The molecule has 1 fully saturated rings. The van der Waals surface area contributed by atoms with Crippen molar-refractivity contribution < 1.29 is 4.79 Å². The normalized spacial score (nSPS) is 30.9. The number of hydrogen-bond donors (Lipinski definition) is 2. The van der Waals surface area contributed by atoms with Crippen LogP contribution in [0.25, 0.3) is 0 Å². The number of amides is 1. The Hall–Kier alpha value is -1.58. The summed E-state index contributed by atoms with van der Waals surface area (Å²) in [5, 5.41) is 9.71. The molecule has 0 spiro atoms. The van der Waals surface area contributed by atoms with Gasteiger partial charge >= 0.3 is 0 Å². The van der Waals surface area contributed by atoms with Gasteiger partial charge in [-0.25, -0.2) is 0 Å². The summed E-state index contributed by atoms with van der Waals surface area (Å²) in [5.41, 5.74) is 0.961. The van der Waals surface area contributed by atoms with Gasteiger partial charge in [-0.05, 0) is 31.6 Å². The Bertz CT molecular complexity index is 449. The Morgan fingerprint density at radius 3 is 2.94 bits per heavy atom. The molecule has 0 radical (unpaired) electrons. The lowest BCUT2D eigenvalue weighted by molar-refractivity contribution is -0.120. The Labute approximate surface area is 94.1 Å². The molecule has 1 amide bonds. The second kappa shape index (κ2) is 3.47. The fraction of sp³-hybridized carbons (Fsp3) is 0.500. The lowest BCUT2D eigenvalue weighted by Gasteiger charge is -2.16. The summed E-state index contributed by atoms with van der Waals surface area (Å²) >= 11 is 0. The number of nitrogens with one attached hydrogen (secondary N) is 2. The highest BCUT2D eigenvalue weighted by molar-refractivity contribution is 5.92. The predicted molar refractivity (Wildman–Crippen MR) is 60.8 cm³/mol. The molecule has 84 valence electrons. The number of allylic oxidation sites excluding steroid dienone is 2. The maximum Gasteiger partial charge on any atom is 0.229 e. The van der Waals surface area contributed by atoms with Crippen LogP contribution < -0.4 is 5.32 Å². The molecule has 0 aliphatic heterocycles. The van der Waals surface area contributed by atoms with Crippen molar-refractivity contribution in [3.8, 4) is 0 Å². The first-order valence-electron chi connectivity index (χ1n) is 5.73. The van der Waals surface area contributed by atoms with Gasteiger partial charge < -0.3 is 5.32 Å². The van der Waals surface area contributed by atoms with Crippen LogP contribution in [0.3, 0.4) is 0 Å². The summed E-state index contributed by atoms with van der Waals surface area (Å²) in [4.78, 5) is 12.0. The first-order chi connectivity index (χ1) is 7.72. The summed E-state index contributed by atoms with van der Waals surface area (Å²) in [5.74, 6) is 1.97. The number of hydrogen-bond acceptors (Lipinski definition) is 2. The fourth-order valence-electron chi connectivity index (χ4n) is 2.78. The summed E-state index contributed by atoms with van der Waals surface area (Å²) in [6.07, 6.45) is 6.58. The summed E-state index contributed by atoms with van der Waals surface area (Å²) in [6.45, 7) is 1.92. The van der Waals surface area contributed by atoms with E-state index in [2.05, 4.69) is 27.7 Å². The van der Waals surface area contributed by atoms with Crippen molar-refractivity contribution in [2.75, 3.05) is 5.32 Å². The largest absolute Gasteiger partial charge is 0.309 e. The minimum Gasteiger partial charge on any atom is -0.309 e. The molecule has 4 heteroatoms. The van der Waals surface area contributed by atoms with Gasteiger partial charge in [0.05, 0.1) is 0 Å². The number of fused-ring (bicyclic) bond motifs is 2. The van der Waals surface area contributed by atoms with Gasteiger partial charge in [-0.2, -0.15) is 5.10 Å². The maximum atomic E-state index is 12.0. The molecule has 1 aromatic rings. The zero-order valence-corrected chi connectivity index (χ0v) is 9.23. The smallest absolute Gasteiger partial charge is 0.229 e. The lowest BCUT2D eigenvalue weighted by Crippen LogP contribution is -2.26. The number of carbonyl (C=O) groups excluding carboxylic acids is 1. The van der Waals surface area contributed by atoms with Gasteiger partial charge in [0.25, 0.3) is 0 Å². The first-order valence-corrected chi connectivity index (χ1v) is 5.73. The summed E-state index contributed by atoms with van der Waals surface area (Å²) < 4.78 is 0. The fourth-order valence-corrected chi connectivity index (χ4v) is 2.78. The molecule has 1 heterocycles. The second-order valence-corrected chi connectivity index (χ2v) is 4.81. The van der Waals surface area contributed by atoms with Gasteiger partial charge in [-0.1, -0.05) is 12.2 Å². The Morgan fingerprint density at radius 2 is 2.38 bits per heavy atom. The molecule has 2 aliphatic carbocycles. The number of aromatic amines is 1. The SMILES string of the molecule is Cc1cc(NC(=O)C2CC3C=CC2C3)n[nH]1. The molecule has 0 aromatic carbocycles. The van der Waals surface area contributed by atoms with Crippen molar-refractivity contribution in [1.29, 1.82) is 0 Å². The van der Waals surface area contributed by atoms with E-state index in [0.29, 0.717) is 17.7 Å². The van der Waals surface area contributed by atoms with Crippen LogP contribution in [0.4, 0.5) is 5.82 Å². The van der Waals surface area contributed by atoms with Crippen molar-refractivity contribution in [3.05, 3.63) is 23.9 Å². The quantitative estimate of drug-likeness (QED) is 0.743. The zero-order valence-electron chi connectivity index (χ0n) is 9.23. The van der Waals surface area contributed by atoms with Crippen LogP contribution in [0.15, 0.2) is 18.2 Å². The van der Waals surface area contributed by atoms with Gasteiger partial charge in [0.2, 0.25) is 5.91 Å². The molecule has 1 aromatic heterocycles. The minimum atomic E-state index is 0.114. The number of rotatable bonds is 2. The standard InChI is InChI=1S/C12H15N3O/c1-7-4-11(15-14-7)13-12(16)10-6-8-2-3-9(10)5-8/h2-4,8-10H,5-6H2,1H3,(H2,13,14,15,16). The third-order valence-corrected chi connectivity index (χ3v) is 3.57. The van der Waals surface area contributed by atoms with Gasteiger partial charge in [-0.15, -0.1) is 0 Å². The highest BCUT2D eigenvalue weighted by Gasteiger charge is 2.39. The highest BCUT2D eigenvalue weighted by atomic mass is 16.2. The maximum absolute atomic E-state index is 12.0. The van der Waals surface area contributed by atoms with E-state index in [9.17, 15) is 4.79 Å². The van der Waals surface area contributed by atoms with E-state index in [-0.39, 0.29) is 11.8 Å². The van der Waals surface area contributed by atoms with Crippen LogP contribution >= 0.6 is 0 Å². The zero-order chi connectivity index (χ0) is 11.1. The van der Waals surface area contributed by atoms with Crippen LogP contribution in [0, 0.1) is 24.7 Å². The van der Waals surface area contributed by atoms with Crippen molar-refractivity contribution in [1.82, 2.24) is 10.2 Å². The van der Waals surface area contributed by atoms with Crippen molar-refractivity contribution in [2.24, 2.45) is 17.8 Å². The molecule has 2 N–H and O–H groups in total.